The van der Waals surface area contributed by atoms with Crippen LogP contribution in [0, 0.1) is 0 Å². The summed E-state index contributed by atoms with van der Waals surface area (Å²) in [6.07, 6.45) is 5.83. The second-order valence-electron chi connectivity index (χ2n) is 5.88. The van der Waals surface area contributed by atoms with Crippen molar-refractivity contribution in [2.75, 3.05) is 14.2 Å². The predicted molar refractivity (Wildman–Crippen MR) is 85.8 cm³/mol. The van der Waals surface area contributed by atoms with Crippen molar-refractivity contribution in [1.29, 1.82) is 0 Å². The van der Waals surface area contributed by atoms with Gasteiger partial charge in [0.1, 0.15) is 11.3 Å². The molecule has 114 valence electrons. The predicted octanol–water partition coefficient (Wildman–Crippen LogP) is 4.70. The number of rotatable bonds is 4. The summed E-state index contributed by atoms with van der Waals surface area (Å²) in [6.45, 7) is 0. The molecule has 1 unspecified atom stereocenters. The zero-order valence-electron chi connectivity index (χ0n) is 12.6. The van der Waals surface area contributed by atoms with Crippen LogP contribution in [0.25, 0.3) is 11.0 Å². The third-order valence-corrected chi connectivity index (χ3v) is 4.94. The highest BCUT2D eigenvalue weighted by Gasteiger charge is 2.41. The minimum atomic E-state index is -0.176. The maximum atomic E-state index is 6.06. The number of likely N-dealkylation sites (N-methyl/N-ethyl adjacent to an activating group) is 1. The summed E-state index contributed by atoms with van der Waals surface area (Å²) in [6, 6.07) is 7.87. The molecule has 21 heavy (non-hydrogen) atoms. The quantitative estimate of drug-likeness (QED) is 0.889. The molecule has 0 amide bonds. The van der Waals surface area contributed by atoms with Crippen LogP contribution >= 0.6 is 11.6 Å². The monoisotopic (exact) mass is 307 g/mol. The lowest BCUT2D eigenvalue weighted by molar-refractivity contribution is -0.0713. The second-order valence-corrected chi connectivity index (χ2v) is 6.32. The van der Waals surface area contributed by atoms with Gasteiger partial charge in [-0.2, -0.15) is 0 Å². The number of benzene rings is 1. The number of fused-ring (bicyclic) bond motifs is 1. The Labute approximate surface area is 130 Å². The lowest BCUT2D eigenvalue weighted by Gasteiger charge is -2.41. The van der Waals surface area contributed by atoms with E-state index in [1.165, 1.54) is 19.3 Å². The molecule has 0 bridgehead atoms. The van der Waals surface area contributed by atoms with E-state index in [1.54, 1.807) is 0 Å². The van der Waals surface area contributed by atoms with Gasteiger partial charge in [0.15, 0.2) is 0 Å². The van der Waals surface area contributed by atoms with E-state index >= 15 is 0 Å². The first-order valence-electron chi connectivity index (χ1n) is 7.60. The van der Waals surface area contributed by atoms with E-state index in [0.717, 1.165) is 34.6 Å². The normalized spacial score (nSPS) is 19.8. The first-order chi connectivity index (χ1) is 10.2. The summed E-state index contributed by atoms with van der Waals surface area (Å²) >= 11 is 6.06. The Bertz CT molecular complexity index is 616. The van der Waals surface area contributed by atoms with Gasteiger partial charge in [-0.05, 0) is 44.2 Å². The van der Waals surface area contributed by atoms with Crippen molar-refractivity contribution in [3.8, 4) is 0 Å². The smallest absolute Gasteiger partial charge is 0.134 e. The van der Waals surface area contributed by atoms with Gasteiger partial charge in [0, 0.05) is 17.5 Å². The van der Waals surface area contributed by atoms with Crippen molar-refractivity contribution in [3.63, 3.8) is 0 Å². The Balaban J connectivity index is 2.00. The maximum Gasteiger partial charge on any atom is 0.134 e. The molecule has 3 nitrogen and oxygen atoms in total. The van der Waals surface area contributed by atoms with Crippen molar-refractivity contribution in [2.45, 2.75) is 43.7 Å². The molecule has 2 aromatic rings. The lowest BCUT2D eigenvalue weighted by atomic mass is 9.78. The molecule has 1 aliphatic rings. The van der Waals surface area contributed by atoms with Crippen LogP contribution < -0.4 is 5.32 Å². The van der Waals surface area contributed by atoms with Gasteiger partial charge >= 0.3 is 0 Å². The molecular weight excluding hydrogens is 286 g/mol. The van der Waals surface area contributed by atoms with E-state index in [4.69, 9.17) is 20.8 Å². The molecule has 1 N–H and O–H groups in total. The summed E-state index contributed by atoms with van der Waals surface area (Å²) < 4.78 is 12.0. The first kappa shape index (κ1) is 14.9. The molecule has 4 heteroatoms. The average molecular weight is 308 g/mol. The fourth-order valence-corrected chi connectivity index (χ4v) is 3.78. The molecule has 3 rings (SSSR count). The van der Waals surface area contributed by atoms with Crippen molar-refractivity contribution in [3.05, 3.63) is 35.0 Å². The number of halogens is 1. The second kappa shape index (κ2) is 5.99. The third kappa shape index (κ3) is 2.70. The van der Waals surface area contributed by atoms with Crippen LogP contribution in [0.4, 0.5) is 0 Å². The zero-order valence-corrected chi connectivity index (χ0v) is 13.4. The minimum Gasteiger partial charge on any atom is -0.459 e. The van der Waals surface area contributed by atoms with Crippen LogP contribution in [0.5, 0.6) is 0 Å². The number of hydrogen-bond donors (Lipinski definition) is 1. The van der Waals surface area contributed by atoms with E-state index < -0.39 is 0 Å². The molecule has 1 aromatic heterocycles. The summed E-state index contributed by atoms with van der Waals surface area (Å²) in [4.78, 5) is 0. The largest absolute Gasteiger partial charge is 0.459 e. The van der Waals surface area contributed by atoms with Gasteiger partial charge in [0.2, 0.25) is 0 Å². The Morgan fingerprint density at radius 3 is 2.67 bits per heavy atom. The van der Waals surface area contributed by atoms with E-state index in [9.17, 15) is 0 Å². The standard InChI is InChI=1S/C17H22ClNO2/c1-19-16(17(20-2)8-4-3-5-9-17)15-11-12-10-13(18)6-7-14(12)21-15/h6-7,10-11,16,19H,3-5,8-9H2,1-2H3. The molecule has 1 fully saturated rings. The molecule has 1 aliphatic carbocycles. The molecule has 0 spiro atoms. The fourth-order valence-electron chi connectivity index (χ4n) is 3.60. The Morgan fingerprint density at radius 1 is 1.24 bits per heavy atom. The summed E-state index contributed by atoms with van der Waals surface area (Å²) in [5.41, 5.74) is 0.696. The highest BCUT2D eigenvalue weighted by Crippen LogP contribution is 2.42. The van der Waals surface area contributed by atoms with Crippen LogP contribution in [-0.4, -0.2) is 19.8 Å². The van der Waals surface area contributed by atoms with Gasteiger partial charge < -0.3 is 14.5 Å². The van der Waals surface area contributed by atoms with E-state index in [2.05, 4.69) is 11.4 Å². The van der Waals surface area contributed by atoms with Gasteiger partial charge in [-0.3, -0.25) is 0 Å². The van der Waals surface area contributed by atoms with Gasteiger partial charge in [-0.15, -0.1) is 0 Å². The summed E-state index contributed by atoms with van der Waals surface area (Å²) in [5.74, 6) is 0.929. The molecule has 0 radical (unpaired) electrons. The highest BCUT2D eigenvalue weighted by atomic mass is 35.5. The number of furan rings is 1. The van der Waals surface area contributed by atoms with Crippen LogP contribution in [-0.2, 0) is 4.74 Å². The van der Waals surface area contributed by atoms with Crippen LogP contribution in [0.1, 0.15) is 43.9 Å². The van der Waals surface area contributed by atoms with Gasteiger partial charge in [0.05, 0.1) is 11.6 Å². The van der Waals surface area contributed by atoms with Gasteiger partial charge in [-0.1, -0.05) is 30.9 Å². The van der Waals surface area contributed by atoms with Crippen molar-refractivity contribution in [2.24, 2.45) is 0 Å². The summed E-state index contributed by atoms with van der Waals surface area (Å²) in [7, 11) is 3.79. The van der Waals surface area contributed by atoms with E-state index in [1.807, 2.05) is 32.4 Å². The molecular formula is C17H22ClNO2. The van der Waals surface area contributed by atoms with Crippen molar-refractivity contribution < 1.29 is 9.15 Å². The average Bonchev–Trinajstić information content (AvgIpc) is 2.91. The van der Waals surface area contributed by atoms with E-state index in [-0.39, 0.29) is 11.6 Å². The molecule has 1 heterocycles. The van der Waals surface area contributed by atoms with Crippen molar-refractivity contribution in [1.82, 2.24) is 5.32 Å². The molecule has 1 atom stereocenters. The molecule has 1 saturated carbocycles. The molecule has 0 aliphatic heterocycles. The Kier molecular flexibility index (Phi) is 4.25. The van der Waals surface area contributed by atoms with Crippen LogP contribution in [0.3, 0.4) is 0 Å². The van der Waals surface area contributed by atoms with Crippen LogP contribution in [0.2, 0.25) is 5.02 Å². The van der Waals surface area contributed by atoms with Gasteiger partial charge in [0.25, 0.3) is 0 Å². The third-order valence-electron chi connectivity index (χ3n) is 4.70. The van der Waals surface area contributed by atoms with Crippen molar-refractivity contribution >= 4 is 22.6 Å². The molecule has 0 saturated heterocycles. The Morgan fingerprint density at radius 2 is 2.00 bits per heavy atom. The minimum absolute atomic E-state index is 0.0639. The van der Waals surface area contributed by atoms with E-state index in [0.29, 0.717) is 0 Å². The highest BCUT2D eigenvalue weighted by molar-refractivity contribution is 6.31. The maximum absolute atomic E-state index is 6.06. The first-order valence-corrected chi connectivity index (χ1v) is 7.98. The summed E-state index contributed by atoms with van der Waals surface area (Å²) in [5, 5.41) is 5.18. The fraction of sp³-hybridized carbons (Fsp3) is 0.529. The molecule has 1 aromatic carbocycles. The lowest BCUT2D eigenvalue weighted by Crippen LogP contribution is -2.45. The number of ether oxygens (including phenoxy) is 1. The number of methoxy groups -OCH3 is 1. The SMILES string of the molecule is CNC(c1cc2cc(Cl)ccc2o1)C1(OC)CCCCC1. The number of nitrogens with one attached hydrogen (secondary N) is 1. The van der Waals surface area contributed by atoms with Crippen LogP contribution in [0.15, 0.2) is 28.7 Å². The zero-order chi connectivity index (χ0) is 14.9. The number of hydrogen-bond acceptors (Lipinski definition) is 3. The topological polar surface area (TPSA) is 34.4 Å². The van der Waals surface area contributed by atoms with Gasteiger partial charge in [-0.25, -0.2) is 0 Å². The Hall–Kier alpha value is -1.03.